The summed E-state index contributed by atoms with van der Waals surface area (Å²) < 4.78 is 63.1. The normalized spacial score (nSPS) is 13.2. The number of hydrogen-bond acceptors (Lipinski definition) is 2. The molecule has 0 aliphatic heterocycles. The number of hydrogen-bond donors (Lipinski definition) is 0. The highest BCUT2D eigenvalue weighted by molar-refractivity contribution is 7.89. The minimum atomic E-state index is -5.43. The second-order valence-corrected chi connectivity index (χ2v) is 7.41. The second-order valence-electron chi connectivity index (χ2n) is 5.48. The number of rotatable bonds is 6. The van der Waals surface area contributed by atoms with Crippen molar-refractivity contribution in [2.75, 3.05) is 6.54 Å². The topological polar surface area (TPSA) is 37.4 Å². The maximum Gasteiger partial charge on any atom is 0.511 e. The highest BCUT2D eigenvalue weighted by atomic mass is 32.2. The Morgan fingerprint density at radius 3 is 2.04 bits per heavy atom. The van der Waals surface area contributed by atoms with Crippen molar-refractivity contribution in [2.45, 2.75) is 19.0 Å². The first-order valence-corrected chi connectivity index (χ1v) is 8.98. The molecule has 0 amide bonds. The highest BCUT2D eigenvalue weighted by Gasteiger charge is 2.49. The third-order valence-corrected chi connectivity index (χ3v) is 5.21. The number of allylic oxidation sites excluding steroid dienone is 1. The number of benzene rings is 2. The van der Waals surface area contributed by atoms with Crippen LogP contribution in [-0.4, -0.2) is 24.8 Å². The molecule has 2 rings (SSSR count). The van der Waals surface area contributed by atoms with Gasteiger partial charge in [0.1, 0.15) is 0 Å². The van der Waals surface area contributed by atoms with Crippen molar-refractivity contribution in [2.24, 2.45) is 0 Å². The molecular weight excluding hydrogens is 351 g/mol. The molecule has 3 nitrogen and oxygen atoms in total. The molecular formula is C18H18F3NO2S. The number of halogens is 3. The Hall–Kier alpha value is -2.12. The van der Waals surface area contributed by atoms with E-state index in [1.165, 1.54) is 6.08 Å². The lowest BCUT2D eigenvalue weighted by molar-refractivity contribution is -0.0488. The van der Waals surface area contributed by atoms with E-state index in [9.17, 15) is 21.6 Å². The predicted molar refractivity (Wildman–Crippen MR) is 91.9 cm³/mol. The fraction of sp³-hybridized carbons (Fsp3) is 0.222. The molecule has 2 aromatic rings. The van der Waals surface area contributed by atoms with Gasteiger partial charge in [0, 0.05) is 13.1 Å². The third-order valence-electron chi connectivity index (χ3n) is 3.66. The summed E-state index contributed by atoms with van der Waals surface area (Å²) >= 11 is 0. The Balaban J connectivity index is 2.29. The lowest BCUT2D eigenvalue weighted by Gasteiger charge is -2.22. The zero-order chi connectivity index (χ0) is 18.5. The van der Waals surface area contributed by atoms with Crippen LogP contribution in [-0.2, 0) is 16.6 Å². The zero-order valence-corrected chi connectivity index (χ0v) is 14.4. The summed E-state index contributed by atoms with van der Waals surface area (Å²) in [5.74, 6) is 0. The first kappa shape index (κ1) is 19.2. The molecule has 0 radical (unpaired) electrons. The van der Waals surface area contributed by atoms with Crippen molar-refractivity contribution in [1.82, 2.24) is 4.31 Å². The number of sulfonamides is 1. The van der Waals surface area contributed by atoms with E-state index < -0.39 is 15.5 Å². The Morgan fingerprint density at radius 1 is 1.00 bits per heavy atom. The first-order chi connectivity index (χ1) is 11.7. The molecule has 0 atom stereocenters. The lowest BCUT2D eigenvalue weighted by Crippen LogP contribution is -2.40. The van der Waals surface area contributed by atoms with E-state index in [4.69, 9.17) is 0 Å². The number of alkyl halides is 3. The average molecular weight is 369 g/mol. The van der Waals surface area contributed by atoms with Gasteiger partial charge in [-0.25, -0.2) is 8.42 Å². The standard InChI is InChI=1S/C18H18F3NO2S/c1-15(17-10-6-3-7-11-17)12-13-22(25(23,24)18(19,20)21)14-16-8-4-2-5-9-16/h2-12H,13-14H2,1H3/b15-12+. The summed E-state index contributed by atoms with van der Waals surface area (Å²) in [5.41, 5.74) is -3.32. The molecule has 134 valence electrons. The molecule has 0 heterocycles. The van der Waals surface area contributed by atoms with E-state index in [-0.39, 0.29) is 13.1 Å². The van der Waals surface area contributed by atoms with Gasteiger partial charge in [0.05, 0.1) is 0 Å². The maximum atomic E-state index is 13.0. The van der Waals surface area contributed by atoms with E-state index in [0.29, 0.717) is 15.4 Å². The van der Waals surface area contributed by atoms with Gasteiger partial charge >= 0.3 is 15.5 Å². The van der Waals surface area contributed by atoms with E-state index in [2.05, 4.69) is 0 Å². The van der Waals surface area contributed by atoms with Crippen LogP contribution in [0.2, 0.25) is 0 Å². The van der Waals surface area contributed by atoms with E-state index >= 15 is 0 Å². The van der Waals surface area contributed by atoms with Crippen LogP contribution in [0.25, 0.3) is 5.57 Å². The Kier molecular flexibility index (Phi) is 6.02. The molecule has 0 unspecified atom stereocenters. The van der Waals surface area contributed by atoms with Gasteiger partial charge in [-0.15, -0.1) is 0 Å². The monoisotopic (exact) mass is 369 g/mol. The molecule has 0 fully saturated rings. The summed E-state index contributed by atoms with van der Waals surface area (Å²) in [6.45, 7) is 1.02. The molecule has 0 aromatic heterocycles. The summed E-state index contributed by atoms with van der Waals surface area (Å²) in [6, 6.07) is 17.3. The summed E-state index contributed by atoms with van der Waals surface area (Å²) in [7, 11) is -5.43. The van der Waals surface area contributed by atoms with E-state index in [0.717, 1.165) is 5.56 Å². The molecule has 0 aliphatic carbocycles. The molecule has 25 heavy (non-hydrogen) atoms. The van der Waals surface area contributed by atoms with Crippen molar-refractivity contribution in [3.05, 3.63) is 77.9 Å². The Morgan fingerprint density at radius 2 is 1.52 bits per heavy atom. The van der Waals surface area contributed by atoms with Crippen molar-refractivity contribution in [1.29, 1.82) is 0 Å². The molecule has 0 saturated heterocycles. The minimum absolute atomic E-state index is 0.346. The van der Waals surface area contributed by atoms with Gasteiger partial charge in [0.15, 0.2) is 0 Å². The number of nitrogens with zero attached hydrogens (tertiary/aromatic N) is 1. The van der Waals surface area contributed by atoms with Gasteiger partial charge in [0.25, 0.3) is 0 Å². The first-order valence-electron chi connectivity index (χ1n) is 7.54. The van der Waals surface area contributed by atoms with Crippen LogP contribution in [0.15, 0.2) is 66.7 Å². The van der Waals surface area contributed by atoms with Crippen molar-refractivity contribution < 1.29 is 21.6 Å². The van der Waals surface area contributed by atoms with Crippen molar-refractivity contribution >= 4 is 15.6 Å². The van der Waals surface area contributed by atoms with Gasteiger partial charge in [-0.05, 0) is 23.6 Å². The average Bonchev–Trinajstić information content (AvgIpc) is 2.58. The quantitative estimate of drug-likeness (QED) is 0.755. The van der Waals surface area contributed by atoms with Crippen molar-refractivity contribution in [3.63, 3.8) is 0 Å². The van der Waals surface area contributed by atoms with Crippen molar-refractivity contribution in [3.8, 4) is 0 Å². The zero-order valence-electron chi connectivity index (χ0n) is 13.6. The molecule has 2 aromatic carbocycles. The van der Waals surface area contributed by atoms with Crippen LogP contribution in [0.3, 0.4) is 0 Å². The van der Waals surface area contributed by atoms with Gasteiger partial charge in [-0.1, -0.05) is 66.7 Å². The molecule has 0 spiro atoms. The molecule has 0 bridgehead atoms. The Labute approximate surface area is 145 Å². The lowest BCUT2D eigenvalue weighted by atomic mass is 10.1. The van der Waals surface area contributed by atoms with Gasteiger partial charge in [-0.2, -0.15) is 17.5 Å². The highest BCUT2D eigenvalue weighted by Crippen LogP contribution is 2.28. The minimum Gasteiger partial charge on any atom is -0.203 e. The maximum absolute atomic E-state index is 13.0. The molecule has 0 saturated carbocycles. The van der Waals surface area contributed by atoms with Gasteiger partial charge in [-0.3, -0.25) is 0 Å². The summed E-state index contributed by atoms with van der Waals surface area (Å²) in [5, 5.41) is 0. The fourth-order valence-corrected chi connectivity index (χ4v) is 3.12. The van der Waals surface area contributed by atoms with Crippen LogP contribution < -0.4 is 0 Å². The molecule has 0 N–H and O–H groups in total. The summed E-state index contributed by atoms with van der Waals surface area (Å²) in [6.07, 6.45) is 1.49. The third kappa shape index (κ3) is 4.93. The summed E-state index contributed by atoms with van der Waals surface area (Å²) in [4.78, 5) is 0. The molecule has 7 heteroatoms. The fourth-order valence-electron chi connectivity index (χ4n) is 2.24. The molecule has 0 aliphatic rings. The van der Waals surface area contributed by atoms with Crippen LogP contribution in [0.5, 0.6) is 0 Å². The SMILES string of the molecule is C/C(=C\CN(Cc1ccccc1)S(=O)(=O)C(F)(F)F)c1ccccc1. The van der Waals surface area contributed by atoms with Crippen LogP contribution in [0.1, 0.15) is 18.1 Å². The van der Waals surface area contributed by atoms with E-state index in [1.807, 2.05) is 18.2 Å². The van der Waals surface area contributed by atoms with Gasteiger partial charge < -0.3 is 0 Å². The Bertz CT molecular complexity index is 816. The van der Waals surface area contributed by atoms with Crippen LogP contribution >= 0.6 is 0 Å². The van der Waals surface area contributed by atoms with Crippen LogP contribution in [0.4, 0.5) is 13.2 Å². The smallest absolute Gasteiger partial charge is 0.203 e. The predicted octanol–water partition coefficient (Wildman–Crippen LogP) is 4.44. The largest absolute Gasteiger partial charge is 0.511 e. The van der Waals surface area contributed by atoms with E-state index in [1.54, 1.807) is 49.4 Å². The van der Waals surface area contributed by atoms with Crippen LogP contribution in [0, 0.1) is 0 Å². The van der Waals surface area contributed by atoms with Gasteiger partial charge in [0.2, 0.25) is 0 Å². The second kappa shape index (κ2) is 7.84.